The van der Waals surface area contributed by atoms with Crippen LogP contribution in [0.3, 0.4) is 0 Å². The average molecular weight is 432 g/mol. The van der Waals surface area contributed by atoms with Crippen molar-refractivity contribution in [3.05, 3.63) is 28.8 Å². The van der Waals surface area contributed by atoms with Gasteiger partial charge in [-0.2, -0.15) is 0 Å². The van der Waals surface area contributed by atoms with Crippen molar-refractivity contribution in [3.8, 4) is 5.75 Å². The Labute approximate surface area is 192 Å². The molecule has 0 bridgehead atoms. The lowest BCUT2D eigenvalue weighted by Crippen LogP contribution is -2.26. The third-order valence-electron chi connectivity index (χ3n) is 6.20. The predicted molar refractivity (Wildman–Crippen MR) is 134 cm³/mol. The molecule has 0 amide bonds. The predicted octanol–water partition coefficient (Wildman–Crippen LogP) is 8.03. The van der Waals surface area contributed by atoms with Crippen LogP contribution in [0.25, 0.3) is 0 Å². The van der Waals surface area contributed by atoms with Gasteiger partial charge in [0.05, 0.1) is 5.56 Å². The van der Waals surface area contributed by atoms with Crippen molar-refractivity contribution in [2.45, 2.75) is 124 Å². The number of nitrogens with zero attached hydrogens (tertiary/aromatic N) is 1. The van der Waals surface area contributed by atoms with E-state index in [2.05, 4.69) is 45.6 Å². The Kier molecular flexibility index (Phi) is 13.8. The number of benzene rings is 1. The monoisotopic (exact) mass is 431 g/mol. The number of rotatable bonds is 17. The van der Waals surface area contributed by atoms with Crippen LogP contribution in [0.5, 0.6) is 5.75 Å². The van der Waals surface area contributed by atoms with Crippen molar-refractivity contribution in [3.63, 3.8) is 0 Å². The lowest BCUT2D eigenvalue weighted by molar-refractivity contribution is 0.112. The molecule has 1 rings (SSSR count). The van der Waals surface area contributed by atoms with Crippen LogP contribution in [0.1, 0.15) is 133 Å². The number of hydrogen-bond acceptors (Lipinski definition) is 3. The summed E-state index contributed by atoms with van der Waals surface area (Å²) in [6, 6.07) is 3.99. The molecule has 0 heterocycles. The maximum atomic E-state index is 11.6. The minimum Gasteiger partial charge on any atom is -0.507 e. The summed E-state index contributed by atoms with van der Waals surface area (Å²) in [6.45, 7) is 13.9. The molecule has 0 fully saturated rings. The van der Waals surface area contributed by atoms with Crippen LogP contribution in [-0.4, -0.2) is 29.4 Å². The molecule has 0 atom stereocenters. The quantitative estimate of drug-likeness (QED) is 0.200. The Hall–Kier alpha value is -1.35. The van der Waals surface area contributed by atoms with E-state index in [0.29, 0.717) is 5.56 Å². The second-order valence-corrected chi connectivity index (χ2v) is 10.3. The van der Waals surface area contributed by atoms with E-state index in [9.17, 15) is 9.90 Å². The molecule has 0 aliphatic rings. The fourth-order valence-corrected chi connectivity index (χ4v) is 4.23. The Balaban J connectivity index is 2.78. The molecule has 3 nitrogen and oxygen atoms in total. The molecular formula is C28H49NO2. The standard InChI is InChI=1S/C28H49NO2/c1-6-8-10-12-14-16-18-29(19-17-15-13-11-9-7-2)22-24-20-25(23-30)27(31)26(21-24)28(3,4)5/h20-21,23,31H,6-19,22H2,1-5H3. The lowest BCUT2D eigenvalue weighted by atomic mass is 9.84. The molecule has 0 saturated heterocycles. The summed E-state index contributed by atoms with van der Waals surface area (Å²) >= 11 is 0. The van der Waals surface area contributed by atoms with Crippen LogP contribution in [-0.2, 0) is 12.0 Å². The lowest BCUT2D eigenvalue weighted by Gasteiger charge is -2.26. The minimum atomic E-state index is -0.193. The zero-order valence-electron chi connectivity index (χ0n) is 21.1. The summed E-state index contributed by atoms with van der Waals surface area (Å²) in [6.07, 6.45) is 16.5. The minimum absolute atomic E-state index is 0.143. The van der Waals surface area contributed by atoms with Crippen LogP contribution in [0, 0.1) is 0 Å². The molecule has 0 aliphatic heterocycles. The number of carbonyl (C=O) groups is 1. The number of phenols is 1. The van der Waals surface area contributed by atoms with Gasteiger partial charge >= 0.3 is 0 Å². The van der Waals surface area contributed by atoms with Crippen LogP contribution in [0.15, 0.2) is 12.1 Å². The smallest absolute Gasteiger partial charge is 0.153 e. The number of phenolic OH excluding ortho intramolecular Hbond substituents is 1. The normalized spacial score (nSPS) is 11.9. The first-order chi connectivity index (χ1) is 14.8. The summed E-state index contributed by atoms with van der Waals surface area (Å²) < 4.78 is 0. The summed E-state index contributed by atoms with van der Waals surface area (Å²) in [5, 5.41) is 10.5. The van der Waals surface area contributed by atoms with Gasteiger partial charge in [0.25, 0.3) is 0 Å². The second-order valence-electron chi connectivity index (χ2n) is 10.3. The van der Waals surface area contributed by atoms with E-state index in [-0.39, 0.29) is 11.2 Å². The topological polar surface area (TPSA) is 40.5 Å². The van der Waals surface area contributed by atoms with Crippen LogP contribution >= 0.6 is 0 Å². The Morgan fingerprint density at radius 3 is 1.74 bits per heavy atom. The third kappa shape index (κ3) is 11.2. The number of carbonyl (C=O) groups excluding carboxylic acids is 1. The molecule has 3 heteroatoms. The highest BCUT2D eigenvalue weighted by atomic mass is 16.3. The second kappa shape index (κ2) is 15.5. The van der Waals surface area contributed by atoms with Gasteiger partial charge in [-0.1, -0.05) is 105 Å². The highest BCUT2D eigenvalue weighted by Crippen LogP contribution is 2.34. The van der Waals surface area contributed by atoms with E-state index >= 15 is 0 Å². The summed E-state index contributed by atoms with van der Waals surface area (Å²) in [4.78, 5) is 14.1. The molecule has 0 unspecified atom stereocenters. The van der Waals surface area contributed by atoms with Crippen molar-refractivity contribution in [1.29, 1.82) is 0 Å². The molecule has 0 radical (unpaired) electrons. The Morgan fingerprint density at radius 2 is 1.29 bits per heavy atom. The SMILES string of the molecule is CCCCCCCCN(CCCCCCCC)Cc1cc(C=O)c(O)c(C(C)(C)C)c1. The molecule has 0 saturated carbocycles. The van der Waals surface area contributed by atoms with E-state index in [0.717, 1.165) is 37.0 Å². The van der Waals surface area contributed by atoms with Gasteiger partial charge in [-0.3, -0.25) is 9.69 Å². The van der Waals surface area contributed by atoms with Gasteiger partial charge in [0.15, 0.2) is 6.29 Å². The third-order valence-corrected chi connectivity index (χ3v) is 6.20. The number of unbranched alkanes of at least 4 members (excludes halogenated alkanes) is 10. The van der Waals surface area contributed by atoms with Gasteiger partial charge in [0, 0.05) is 12.1 Å². The molecule has 0 spiro atoms. The van der Waals surface area contributed by atoms with Gasteiger partial charge in [0.1, 0.15) is 5.75 Å². The number of aldehydes is 1. The highest BCUT2D eigenvalue weighted by molar-refractivity contribution is 5.80. The van der Waals surface area contributed by atoms with Gasteiger partial charge in [-0.05, 0) is 43.0 Å². The molecule has 178 valence electrons. The van der Waals surface area contributed by atoms with Gasteiger partial charge in [0.2, 0.25) is 0 Å². The number of aromatic hydroxyl groups is 1. The zero-order chi connectivity index (χ0) is 23.1. The van der Waals surface area contributed by atoms with Crippen LogP contribution < -0.4 is 0 Å². The molecule has 1 aromatic rings. The first-order valence-electron chi connectivity index (χ1n) is 12.9. The van der Waals surface area contributed by atoms with E-state index < -0.39 is 0 Å². The number of hydrogen-bond donors (Lipinski definition) is 1. The fraction of sp³-hybridized carbons (Fsp3) is 0.750. The first kappa shape index (κ1) is 27.7. The van der Waals surface area contributed by atoms with Crippen LogP contribution in [0.2, 0.25) is 0 Å². The molecular weight excluding hydrogens is 382 g/mol. The van der Waals surface area contributed by atoms with Crippen molar-refractivity contribution in [2.24, 2.45) is 0 Å². The molecule has 0 aliphatic carbocycles. The van der Waals surface area contributed by atoms with Gasteiger partial charge < -0.3 is 5.11 Å². The summed E-state index contributed by atoms with van der Waals surface area (Å²) in [5.74, 6) is 0.143. The Morgan fingerprint density at radius 1 is 0.806 bits per heavy atom. The molecule has 0 aromatic heterocycles. The summed E-state index contributed by atoms with van der Waals surface area (Å²) in [5.41, 5.74) is 2.23. The van der Waals surface area contributed by atoms with Gasteiger partial charge in [-0.25, -0.2) is 0 Å². The maximum Gasteiger partial charge on any atom is 0.153 e. The van der Waals surface area contributed by atoms with Crippen molar-refractivity contribution >= 4 is 6.29 Å². The average Bonchev–Trinajstić information content (AvgIpc) is 2.73. The van der Waals surface area contributed by atoms with Crippen molar-refractivity contribution in [1.82, 2.24) is 4.90 Å². The maximum absolute atomic E-state index is 11.6. The van der Waals surface area contributed by atoms with E-state index in [4.69, 9.17) is 0 Å². The highest BCUT2D eigenvalue weighted by Gasteiger charge is 2.21. The van der Waals surface area contributed by atoms with E-state index in [1.807, 2.05) is 6.07 Å². The molecule has 31 heavy (non-hydrogen) atoms. The summed E-state index contributed by atoms with van der Waals surface area (Å²) in [7, 11) is 0. The fourth-order valence-electron chi connectivity index (χ4n) is 4.23. The zero-order valence-corrected chi connectivity index (χ0v) is 21.1. The van der Waals surface area contributed by atoms with E-state index in [1.165, 1.54) is 77.0 Å². The molecule has 1 N–H and O–H groups in total. The van der Waals surface area contributed by atoms with Crippen molar-refractivity contribution in [2.75, 3.05) is 13.1 Å². The van der Waals surface area contributed by atoms with Crippen molar-refractivity contribution < 1.29 is 9.90 Å². The van der Waals surface area contributed by atoms with Crippen LogP contribution in [0.4, 0.5) is 0 Å². The van der Waals surface area contributed by atoms with Gasteiger partial charge in [-0.15, -0.1) is 0 Å². The Bertz CT molecular complexity index is 602. The van der Waals surface area contributed by atoms with E-state index in [1.54, 1.807) is 0 Å². The largest absolute Gasteiger partial charge is 0.507 e. The molecule has 1 aromatic carbocycles. The first-order valence-corrected chi connectivity index (χ1v) is 12.9.